The van der Waals surface area contributed by atoms with Crippen LogP contribution in [0.5, 0.6) is 5.75 Å². The summed E-state index contributed by atoms with van der Waals surface area (Å²) in [6, 6.07) is 13.2. The summed E-state index contributed by atoms with van der Waals surface area (Å²) < 4.78 is 55.7. The highest BCUT2D eigenvalue weighted by atomic mass is 32.2. The van der Waals surface area contributed by atoms with Gasteiger partial charge in [-0.25, -0.2) is 13.1 Å². The van der Waals surface area contributed by atoms with Crippen molar-refractivity contribution in [2.24, 2.45) is 0 Å². The molecule has 0 aromatic heterocycles. The van der Waals surface area contributed by atoms with E-state index >= 15 is 0 Å². The van der Waals surface area contributed by atoms with E-state index in [0.717, 1.165) is 0 Å². The SMILES string of the molecule is N#Cc1cccc(S(=O)(=O)NCc2ccccc2OC(F)F)c1. The van der Waals surface area contributed by atoms with Gasteiger partial charge in [-0.15, -0.1) is 0 Å². The van der Waals surface area contributed by atoms with Crippen LogP contribution in [-0.4, -0.2) is 15.0 Å². The van der Waals surface area contributed by atoms with E-state index in [4.69, 9.17) is 5.26 Å². The van der Waals surface area contributed by atoms with E-state index in [1.54, 1.807) is 6.07 Å². The maximum absolute atomic E-state index is 12.3. The largest absolute Gasteiger partial charge is 0.434 e. The van der Waals surface area contributed by atoms with Crippen LogP contribution in [0.4, 0.5) is 8.78 Å². The predicted octanol–water partition coefficient (Wildman–Crippen LogP) is 2.64. The lowest BCUT2D eigenvalue weighted by Crippen LogP contribution is -2.23. The number of halogens is 2. The number of nitrogens with one attached hydrogen (secondary N) is 1. The van der Waals surface area contributed by atoms with Gasteiger partial charge in [-0.05, 0) is 24.3 Å². The molecule has 0 heterocycles. The molecule has 1 N–H and O–H groups in total. The van der Waals surface area contributed by atoms with Crippen molar-refractivity contribution in [1.29, 1.82) is 5.26 Å². The summed E-state index contributed by atoms with van der Waals surface area (Å²) in [5.74, 6) is -0.101. The van der Waals surface area contributed by atoms with Crippen LogP contribution >= 0.6 is 0 Å². The van der Waals surface area contributed by atoms with Gasteiger partial charge in [0.2, 0.25) is 10.0 Å². The molecule has 2 aromatic carbocycles. The number of benzene rings is 2. The van der Waals surface area contributed by atoms with Crippen molar-refractivity contribution in [2.75, 3.05) is 0 Å². The van der Waals surface area contributed by atoms with E-state index in [1.807, 2.05) is 6.07 Å². The first-order valence-corrected chi connectivity index (χ1v) is 7.93. The smallest absolute Gasteiger partial charge is 0.387 e. The van der Waals surface area contributed by atoms with E-state index in [9.17, 15) is 17.2 Å². The number of alkyl halides is 2. The van der Waals surface area contributed by atoms with Crippen molar-refractivity contribution in [3.05, 3.63) is 59.7 Å². The van der Waals surface area contributed by atoms with Crippen LogP contribution in [0.2, 0.25) is 0 Å². The molecule has 23 heavy (non-hydrogen) atoms. The molecular weight excluding hydrogens is 326 g/mol. The first-order chi connectivity index (χ1) is 10.9. The Morgan fingerprint density at radius 2 is 1.91 bits per heavy atom. The third-order valence-corrected chi connectivity index (χ3v) is 4.31. The average molecular weight is 338 g/mol. The zero-order valence-corrected chi connectivity index (χ0v) is 12.6. The maximum atomic E-state index is 12.3. The van der Waals surface area contributed by atoms with E-state index in [-0.39, 0.29) is 28.3 Å². The zero-order chi connectivity index (χ0) is 16.9. The molecule has 0 aliphatic carbocycles. The molecule has 0 bridgehead atoms. The monoisotopic (exact) mass is 338 g/mol. The third-order valence-electron chi connectivity index (χ3n) is 2.91. The Kier molecular flexibility index (Phi) is 5.26. The van der Waals surface area contributed by atoms with Crippen LogP contribution in [0.3, 0.4) is 0 Å². The Balaban J connectivity index is 2.18. The second-order valence-electron chi connectivity index (χ2n) is 4.45. The number of nitrogens with zero attached hydrogens (tertiary/aromatic N) is 1. The van der Waals surface area contributed by atoms with E-state index in [2.05, 4.69) is 9.46 Å². The Hall–Kier alpha value is -2.50. The van der Waals surface area contributed by atoms with Gasteiger partial charge in [0.15, 0.2) is 0 Å². The van der Waals surface area contributed by atoms with E-state index < -0.39 is 16.6 Å². The molecule has 0 aliphatic heterocycles. The first kappa shape index (κ1) is 16.9. The number of ether oxygens (including phenoxy) is 1. The lowest BCUT2D eigenvalue weighted by atomic mass is 10.2. The Labute approximate surface area is 132 Å². The van der Waals surface area contributed by atoms with Crippen LogP contribution in [0.15, 0.2) is 53.4 Å². The number of para-hydroxylation sites is 1. The molecule has 0 aliphatic rings. The molecule has 0 saturated heterocycles. The van der Waals surface area contributed by atoms with Gasteiger partial charge in [-0.1, -0.05) is 24.3 Å². The lowest BCUT2D eigenvalue weighted by molar-refractivity contribution is -0.0504. The lowest BCUT2D eigenvalue weighted by Gasteiger charge is -2.11. The predicted molar refractivity (Wildman–Crippen MR) is 78.3 cm³/mol. The molecule has 0 saturated carbocycles. The van der Waals surface area contributed by atoms with E-state index in [1.165, 1.54) is 42.5 Å². The Bertz CT molecular complexity index is 833. The summed E-state index contributed by atoms with van der Waals surface area (Å²) in [5, 5.41) is 8.80. The second kappa shape index (κ2) is 7.17. The van der Waals surface area contributed by atoms with E-state index in [0.29, 0.717) is 0 Å². The number of rotatable bonds is 6. The summed E-state index contributed by atoms with van der Waals surface area (Å²) in [6.45, 7) is -3.22. The van der Waals surface area contributed by atoms with Crippen molar-refractivity contribution >= 4 is 10.0 Å². The number of nitriles is 1. The summed E-state index contributed by atoms with van der Waals surface area (Å²) in [5.41, 5.74) is 0.474. The Morgan fingerprint density at radius 1 is 1.17 bits per heavy atom. The second-order valence-corrected chi connectivity index (χ2v) is 6.22. The summed E-state index contributed by atoms with van der Waals surface area (Å²) >= 11 is 0. The van der Waals surface area contributed by atoms with Gasteiger partial charge in [-0.3, -0.25) is 0 Å². The maximum Gasteiger partial charge on any atom is 0.387 e. The molecule has 0 spiro atoms. The van der Waals surface area contributed by atoms with Gasteiger partial charge in [0, 0.05) is 12.1 Å². The molecular formula is C15H12F2N2O3S. The van der Waals surface area contributed by atoms with Crippen molar-refractivity contribution in [3.63, 3.8) is 0 Å². The number of hydrogen-bond acceptors (Lipinski definition) is 4. The molecule has 0 amide bonds. The minimum absolute atomic E-state index is 0.0798. The minimum Gasteiger partial charge on any atom is -0.434 e. The zero-order valence-electron chi connectivity index (χ0n) is 11.7. The van der Waals surface area contributed by atoms with Crippen LogP contribution in [0.1, 0.15) is 11.1 Å². The number of hydrogen-bond donors (Lipinski definition) is 1. The molecule has 2 rings (SSSR count). The van der Waals surface area contributed by atoms with Crippen LogP contribution in [0, 0.1) is 11.3 Å². The van der Waals surface area contributed by atoms with Gasteiger partial charge >= 0.3 is 6.61 Å². The molecule has 5 nitrogen and oxygen atoms in total. The molecule has 0 atom stereocenters. The number of sulfonamides is 1. The highest BCUT2D eigenvalue weighted by Crippen LogP contribution is 2.21. The average Bonchev–Trinajstić information content (AvgIpc) is 2.53. The third kappa shape index (κ3) is 4.48. The Morgan fingerprint density at radius 3 is 2.61 bits per heavy atom. The van der Waals surface area contributed by atoms with Crippen LogP contribution < -0.4 is 9.46 Å². The van der Waals surface area contributed by atoms with Gasteiger partial charge in [0.25, 0.3) is 0 Å². The fourth-order valence-electron chi connectivity index (χ4n) is 1.85. The van der Waals surface area contributed by atoms with Crippen molar-refractivity contribution < 1.29 is 21.9 Å². The topological polar surface area (TPSA) is 79.2 Å². The highest BCUT2D eigenvalue weighted by molar-refractivity contribution is 7.89. The van der Waals surface area contributed by atoms with Gasteiger partial charge < -0.3 is 4.74 Å². The van der Waals surface area contributed by atoms with Crippen LogP contribution in [-0.2, 0) is 16.6 Å². The summed E-state index contributed by atoms with van der Waals surface area (Å²) in [7, 11) is -3.88. The fraction of sp³-hybridized carbons (Fsp3) is 0.133. The molecule has 0 radical (unpaired) electrons. The van der Waals surface area contributed by atoms with Gasteiger partial charge in [0.1, 0.15) is 5.75 Å². The molecule has 8 heteroatoms. The standard InChI is InChI=1S/C15H12F2N2O3S/c16-15(17)22-14-7-2-1-5-12(14)10-19-23(20,21)13-6-3-4-11(8-13)9-18/h1-8,15,19H,10H2. The minimum atomic E-state index is -3.88. The molecule has 0 unspecified atom stereocenters. The molecule has 2 aromatic rings. The van der Waals surface area contributed by atoms with Crippen molar-refractivity contribution in [3.8, 4) is 11.8 Å². The quantitative estimate of drug-likeness (QED) is 0.878. The van der Waals surface area contributed by atoms with Crippen molar-refractivity contribution in [2.45, 2.75) is 18.1 Å². The molecule has 120 valence electrons. The summed E-state index contributed by atoms with van der Waals surface area (Å²) in [6.07, 6.45) is 0. The summed E-state index contributed by atoms with van der Waals surface area (Å²) in [4.78, 5) is -0.0798. The van der Waals surface area contributed by atoms with Gasteiger partial charge in [0.05, 0.1) is 16.5 Å². The molecule has 0 fully saturated rings. The first-order valence-electron chi connectivity index (χ1n) is 6.45. The van der Waals surface area contributed by atoms with Crippen LogP contribution in [0.25, 0.3) is 0 Å². The van der Waals surface area contributed by atoms with Gasteiger partial charge in [-0.2, -0.15) is 14.0 Å². The normalized spacial score (nSPS) is 11.2. The highest BCUT2D eigenvalue weighted by Gasteiger charge is 2.16. The fourth-order valence-corrected chi connectivity index (χ4v) is 2.90. The van der Waals surface area contributed by atoms with Crippen molar-refractivity contribution in [1.82, 2.24) is 4.72 Å².